The van der Waals surface area contributed by atoms with E-state index in [-0.39, 0.29) is 0 Å². The van der Waals surface area contributed by atoms with Crippen molar-refractivity contribution in [3.63, 3.8) is 0 Å². The molecule has 80 valence electrons. The molecule has 0 saturated carbocycles. The Hall–Kier alpha value is -1.13. The molecule has 0 spiro atoms. The molecule has 3 nitrogen and oxygen atoms in total. The quantitative estimate of drug-likeness (QED) is 0.832. The highest BCUT2D eigenvalue weighted by Crippen LogP contribution is 2.14. The molecular weight excluding hydrogens is 206 g/mol. The molecule has 2 aromatic heterocycles. The normalized spacial score (nSPS) is 10.8. The van der Waals surface area contributed by atoms with Crippen molar-refractivity contribution in [1.29, 1.82) is 0 Å². The number of aromatic nitrogens is 2. The van der Waals surface area contributed by atoms with Crippen LogP contribution in [0.15, 0.2) is 18.3 Å². The van der Waals surface area contributed by atoms with Crippen molar-refractivity contribution in [3.05, 3.63) is 39.6 Å². The van der Waals surface area contributed by atoms with Gasteiger partial charge in [-0.3, -0.25) is 0 Å². The maximum Gasteiger partial charge on any atom is 0.103 e. The van der Waals surface area contributed by atoms with Crippen molar-refractivity contribution in [3.8, 4) is 0 Å². The van der Waals surface area contributed by atoms with E-state index in [1.54, 1.807) is 0 Å². The minimum atomic E-state index is 0.845. The fraction of sp³-hybridized carbons (Fsp3) is 0.364. The summed E-state index contributed by atoms with van der Waals surface area (Å²) in [6, 6.07) is 4.33. The maximum absolute atomic E-state index is 4.15. The molecule has 2 heterocycles. The monoisotopic (exact) mass is 221 g/mol. The van der Waals surface area contributed by atoms with Crippen molar-refractivity contribution in [2.24, 2.45) is 0 Å². The SMILES string of the molecule is Cc1ncc(CNCc2ccc(C)s2)[nH]1. The van der Waals surface area contributed by atoms with Crippen LogP contribution in [0.3, 0.4) is 0 Å². The molecule has 2 aromatic rings. The van der Waals surface area contributed by atoms with Gasteiger partial charge in [0.15, 0.2) is 0 Å². The minimum Gasteiger partial charge on any atom is -0.345 e. The lowest BCUT2D eigenvalue weighted by molar-refractivity contribution is 0.688. The lowest BCUT2D eigenvalue weighted by atomic mass is 10.4. The zero-order valence-corrected chi connectivity index (χ0v) is 9.82. The molecule has 0 aliphatic carbocycles. The van der Waals surface area contributed by atoms with E-state index in [2.05, 4.69) is 34.3 Å². The molecule has 0 aliphatic heterocycles. The minimum absolute atomic E-state index is 0.845. The summed E-state index contributed by atoms with van der Waals surface area (Å²) in [6.07, 6.45) is 1.88. The highest BCUT2D eigenvalue weighted by Gasteiger charge is 1.98. The van der Waals surface area contributed by atoms with E-state index in [0.717, 1.165) is 24.6 Å². The Labute approximate surface area is 93.6 Å². The van der Waals surface area contributed by atoms with Crippen LogP contribution in [-0.2, 0) is 13.1 Å². The van der Waals surface area contributed by atoms with Crippen LogP contribution < -0.4 is 5.32 Å². The Morgan fingerprint density at radius 3 is 2.80 bits per heavy atom. The lowest BCUT2D eigenvalue weighted by Crippen LogP contribution is -2.11. The molecule has 0 unspecified atom stereocenters. The van der Waals surface area contributed by atoms with Crippen molar-refractivity contribution in [2.75, 3.05) is 0 Å². The molecule has 2 rings (SSSR count). The number of rotatable bonds is 4. The van der Waals surface area contributed by atoms with E-state index in [9.17, 15) is 0 Å². The largest absolute Gasteiger partial charge is 0.345 e. The number of thiophene rings is 1. The first-order valence-corrected chi connectivity index (χ1v) is 5.82. The highest BCUT2D eigenvalue weighted by molar-refractivity contribution is 7.11. The number of imidazole rings is 1. The molecule has 0 saturated heterocycles. The standard InChI is InChI=1S/C11H15N3S/c1-8-3-4-11(15-8)7-12-5-10-6-13-9(2)14-10/h3-4,6,12H,5,7H2,1-2H3,(H,13,14). The zero-order chi connectivity index (χ0) is 10.7. The van der Waals surface area contributed by atoms with Gasteiger partial charge in [-0.15, -0.1) is 11.3 Å². The van der Waals surface area contributed by atoms with Gasteiger partial charge in [-0.2, -0.15) is 0 Å². The van der Waals surface area contributed by atoms with Crippen LogP contribution in [0, 0.1) is 13.8 Å². The summed E-state index contributed by atoms with van der Waals surface area (Å²) in [4.78, 5) is 10.1. The van der Waals surface area contributed by atoms with Gasteiger partial charge in [0.25, 0.3) is 0 Å². The van der Waals surface area contributed by atoms with Gasteiger partial charge in [0.2, 0.25) is 0 Å². The smallest absolute Gasteiger partial charge is 0.103 e. The molecule has 4 heteroatoms. The summed E-state index contributed by atoms with van der Waals surface area (Å²) in [5.41, 5.74) is 1.14. The van der Waals surface area contributed by atoms with Crippen LogP contribution in [-0.4, -0.2) is 9.97 Å². The zero-order valence-electron chi connectivity index (χ0n) is 9.00. The summed E-state index contributed by atoms with van der Waals surface area (Å²) in [6.45, 7) is 5.87. The van der Waals surface area contributed by atoms with Crippen molar-refractivity contribution >= 4 is 11.3 Å². The van der Waals surface area contributed by atoms with E-state index < -0.39 is 0 Å². The summed E-state index contributed by atoms with van der Waals surface area (Å²) in [7, 11) is 0. The Balaban J connectivity index is 1.80. The average Bonchev–Trinajstić information content (AvgIpc) is 2.76. The first kappa shape index (κ1) is 10.4. The van der Waals surface area contributed by atoms with Gasteiger partial charge >= 0.3 is 0 Å². The first-order chi connectivity index (χ1) is 7.24. The molecule has 0 radical (unpaired) electrons. The van der Waals surface area contributed by atoms with Gasteiger partial charge in [0.05, 0.1) is 0 Å². The van der Waals surface area contributed by atoms with Crippen molar-refractivity contribution in [2.45, 2.75) is 26.9 Å². The van der Waals surface area contributed by atoms with E-state index in [4.69, 9.17) is 0 Å². The number of aromatic amines is 1. The number of H-pyrrole nitrogens is 1. The van der Waals surface area contributed by atoms with Crippen molar-refractivity contribution in [1.82, 2.24) is 15.3 Å². The van der Waals surface area contributed by atoms with E-state index >= 15 is 0 Å². The van der Waals surface area contributed by atoms with Crippen molar-refractivity contribution < 1.29 is 0 Å². The highest BCUT2D eigenvalue weighted by atomic mass is 32.1. The summed E-state index contributed by atoms with van der Waals surface area (Å²) in [5, 5.41) is 3.38. The van der Waals surface area contributed by atoms with Gasteiger partial charge in [-0.25, -0.2) is 4.98 Å². The number of hydrogen-bond acceptors (Lipinski definition) is 3. The lowest BCUT2D eigenvalue weighted by Gasteiger charge is -1.99. The number of aryl methyl sites for hydroxylation is 2. The van der Waals surface area contributed by atoms with E-state index in [1.165, 1.54) is 9.75 Å². The Kier molecular flexibility index (Phi) is 3.18. The van der Waals surface area contributed by atoms with Crippen LogP contribution in [0.5, 0.6) is 0 Å². The second kappa shape index (κ2) is 4.59. The van der Waals surface area contributed by atoms with Gasteiger partial charge in [-0.05, 0) is 26.0 Å². The fourth-order valence-corrected chi connectivity index (χ4v) is 2.32. The summed E-state index contributed by atoms with van der Waals surface area (Å²) in [5.74, 6) is 0.971. The Morgan fingerprint density at radius 2 is 2.20 bits per heavy atom. The van der Waals surface area contributed by atoms with Crippen LogP contribution >= 0.6 is 11.3 Å². The average molecular weight is 221 g/mol. The van der Waals surface area contributed by atoms with Crippen LogP contribution in [0.25, 0.3) is 0 Å². The Morgan fingerprint density at radius 1 is 1.33 bits per heavy atom. The number of hydrogen-bond donors (Lipinski definition) is 2. The molecule has 0 atom stereocenters. The maximum atomic E-state index is 4.15. The van der Waals surface area contributed by atoms with Gasteiger partial charge in [0.1, 0.15) is 5.82 Å². The third-order valence-electron chi connectivity index (χ3n) is 2.17. The van der Waals surface area contributed by atoms with Gasteiger partial charge in [0, 0.05) is 34.7 Å². The number of nitrogens with one attached hydrogen (secondary N) is 2. The molecule has 0 bridgehead atoms. The summed E-state index contributed by atoms with van der Waals surface area (Å²) >= 11 is 1.84. The van der Waals surface area contributed by atoms with E-state index in [1.807, 2.05) is 24.5 Å². The second-order valence-corrected chi connectivity index (χ2v) is 4.98. The second-order valence-electron chi connectivity index (χ2n) is 3.61. The molecule has 0 aliphatic rings. The third kappa shape index (κ3) is 2.91. The van der Waals surface area contributed by atoms with Gasteiger partial charge in [-0.1, -0.05) is 0 Å². The van der Waals surface area contributed by atoms with Crippen LogP contribution in [0.2, 0.25) is 0 Å². The summed E-state index contributed by atoms with van der Waals surface area (Å²) < 4.78 is 0. The molecule has 0 amide bonds. The molecule has 0 aromatic carbocycles. The van der Waals surface area contributed by atoms with E-state index in [0.29, 0.717) is 0 Å². The molecule has 0 fully saturated rings. The molecule has 2 N–H and O–H groups in total. The first-order valence-electron chi connectivity index (χ1n) is 5.00. The molecular formula is C11H15N3S. The topological polar surface area (TPSA) is 40.7 Å². The fourth-order valence-electron chi connectivity index (χ4n) is 1.46. The predicted molar refractivity (Wildman–Crippen MR) is 62.9 cm³/mol. The van der Waals surface area contributed by atoms with Crippen LogP contribution in [0.1, 0.15) is 21.3 Å². The predicted octanol–water partition coefficient (Wildman–Crippen LogP) is 2.38. The van der Waals surface area contributed by atoms with Crippen LogP contribution in [0.4, 0.5) is 0 Å². The molecule has 15 heavy (non-hydrogen) atoms. The third-order valence-corrected chi connectivity index (χ3v) is 3.17. The van der Waals surface area contributed by atoms with Gasteiger partial charge < -0.3 is 10.3 Å². The number of nitrogens with zero attached hydrogens (tertiary/aromatic N) is 1. The Bertz CT molecular complexity index is 390.